The van der Waals surface area contributed by atoms with Gasteiger partial charge in [-0.1, -0.05) is 20.8 Å². The van der Waals surface area contributed by atoms with Crippen molar-refractivity contribution in [2.75, 3.05) is 5.75 Å². The van der Waals surface area contributed by atoms with E-state index < -0.39 is 21.9 Å². The predicted molar refractivity (Wildman–Crippen MR) is 58.1 cm³/mol. The van der Waals surface area contributed by atoms with E-state index in [1.165, 1.54) is 0 Å². The first-order chi connectivity index (χ1) is 6.80. The van der Waals surface area contributed by atoms with Gasteiger partial charge >= 0.3 is 0 Å². The highest BCUT2D eigenvalue weighted by Crippen LogP contribution is 2.03. The number of rotatable bonds is 6. The Morgan fingerprint density at radius 2 is 1.87 bits per heavy atom. The fraction of sp³-hybridized carbons (Fsp3) is 0.889. The number of hydrogen-bond acceptors (Lipinski definition) is 3. The molecule has 2 atom stereocenters. The predicted octanol–water partition coefficient (Wildman–Crippen LogP) is 0.815. The second kappa shape index (κ2) is 6.07. The van der Waals surface area contributed by atoms with Gasteiger partial charge in [-0.2, -0.15) is 8.42 Å². The van der Waals surface area contributed by atoms with Crippen LogP contribution in [0.1, 0.15) is 33.6 Å². The van der Waals surface area contributed by atoms with Gasteiger partial charge in [0.05, 0.1) is 5.75 Å². The van der Waals surface area contributed by atoms with Crippen LogP contribution in [-0.2, 0) is 14.9 Å². The molecular formula is C9H19NO4S. The molecule has 90 valence electrons. The Morgan fingerprint density at radius 1 is 1.33 bits per heavy atom. The van der Waals surface area contributed by atoms with Crippen LogP contribution in [0.5, 0.6) is 0 Å². The molecular weight excluding hydrogens is 218 g/mol. The third-order valence-electron chi connectivity index (χ3n) is 2.31. The first-order valence-electron chi connectivity index (χ1n) is 5.05. The standard InChI is InChI=1S/C9H19NO4S/c1-4-7(3)9(11)10-8(5-2)6-15(12,13)14/h7-8H,4-6H2,1-3H3,(H,10,11)(H,12,13,14). The topological polar surface area (TPSA) is 83.5 Å². The Kier molecular flexibility index (Phi) is 5.82. The van der Waals surface area contributed by atoms with E-state index >= 15 is 0 Å². The largest absolute Gasteiger partial charge is 0.352 e. The van der Waals surface area contributed by atoms with E-state index in [2.05, 4.69) is 5.32 Å². The fourth-order valence-electron chi connectivity index (χ4n) is 1.04. The second-order valence-electron chi connectivity index (χ2n) is 3.67. The molecule has 0 aromatic rings. The van der Waals surface area contributed by atoms with Crippen molar-refractivity contribution in [2.45, 2.75) is 39.7 Å². The van der Waals surface area contributed by atoms with Crippen molar-refractivity contribution < 1.29 is 17.8 Å². The van der Waals surface area contributed by atoms with Crippen LogP contribution < -0.4 is 5.32 Å². The zero-order valence-electron chi connectivity index (χ0n) is 9.36. The van der Waals surface area contributed by atoms with Crippen LogP contribution in [0.15, 0.2) is 0 Å². The summed E-state index contributed by atoms with van der Waals surface area (Å²) in [5.41, 5.74) is 0. The maximum Gasteiger partial charge on any atom is 0.266 e. The van der Waals surface area contributed by atoms with Gasteiger partial charge in [0.15, 0.2) is 0 Å². The Hall–Kier alpha value is -0.620. The van der Waals surface area contributed by atoms with Crippen molar-refractivity contribution in [3.8, 4) is 0 Å². The third-order valence-corrected chi connectivity index (χ3v) is 3.13. The van der Waals surface area contributed by atoms with Gasteiger partial charge in [-0.25, -0.2) is 0 Å². The quantitative estimate of drug-likeness (QED) is 0.670. The molecule has 0 rings (SSSR count). The molecule has 0 bridgehead atoms. The maximum atomic E-state index is 11.4. The van der Waals surface area contributed by atoms with E-state index in [4.69, 9.17) is 4.55 Å². The minimum Gasteiger partial charge on any atom is -0.352 e. The van der Waals surface area contributed by atoms with E-state index in [9.17, 15) is 13.2 Å². The number of hydrogen-bond donors (Lipinski definition) is 2. The van der Waals surface area contributed by atoms with Gasteiger partial charge in [-0.3, -0.25) is 9.35 Å². The number of amides is 1. The van der Waals surface area contributed by atoms with Crippen molar-refractivity contribution in [1.82, 2.24) is 5.32 Å². The normalized spacial score (nSPS) is 15.7. The Bertz CT molecular complexity index is 299. The summed E-state index contributed by atoms with van der Waals surface area (Å²) in [6.45, 7) is 5.41. The molecule has 0 aromatic heterocycles. The molecule has 0 saturated carbocycles. The van der Waals surface area contributed by atoms with Gasteiger partial charge < -0.3 is 5.32 Å². The van der Waals surface area contributed by atoms with Crippen LogP contribution in [0.3, 0.4) is 0 Å². The van der Waals surface area contributed by atoms with Gasteiger partial charge in [-0.15, -0.1) is 0 Å². The molecule has 2 N–H and O–H groups in total. The van der Waals surface area contributed by atoms with Crippen molar-refractivity contribution >= 4 is 16.0 Å². The molecule has 0 fully saturated rings. The van der Waals surface area contributed by atoms with E-state index in [1.807, 2.05) is 6.92 Å². The lowest BCUT2D eigenvalue weighted by Crippen LogP contribution is -2.41. The van der Waals surface area contributed by atoms with Gasteiger partial charge in [0, 0.05) is 12.0 Å². The molecule has 0 saturated heterocycles. The minimum absolute atomic E-state index is 0.138. The summed E-state index contributed by atoms with van der Waals surface area (Å²) in [5, 5.41) is 2.60. The highest BCUT2D eigenvalue weighted by atomic mass is 32.2. The van der Waals surface area contributed by atoms with E-state index in [1.54, 1.807) is 13.8 Å². The SMILES string of the molecule is CCC(CS(=O)(=O)O)NC(=O)C(C)CC. The summed E-state index contributed by atoms with van der Waals surface area (Å²) in [6, 6.07) is -0.513. The summed E-state index contributed by atoms with van der Waals surface area (Å²) < 4.78 is 29.9. The van der Waals surface area contributed by atoms with Gasteiger partial charge in [0.1, 0.15) is 0 Å². The average Bonchev–Trinajstić information content (AvgIpc) is 2.13. The average molecular weight is 237 g/mol. The lowest BCUT2D eigenvalue weighted by Gasteiger charge is -2.17. The monoisotopic (exact) mass is 237 g/mol. The van der Waals surface area contributed by atoms with Crippen LogP contribution in [0.25, 0.3) is 0 Å². The summed E-state index contributed by atoms with van der Waals surface area (Å²) in [6.07, 6.45) is 1.18. The van der Waals surface area contributed by atoms with E-state index in [-0.39, 0.29) is 11.8 Å². The van der Waals surface area contributed by atoms with Gasteiger partial charge in [0.25, 0.3) is 10.1 Å². The highest BCUT2D eigenvalue weighted by molar-refractivity contribution is 7.85. The molecule has 5 nitrogen and oxygen atoms in total. The molecule has 0 aliphatic carbocycles. The number of carbonyl (C=O) groups excluding carboxylic acids is 1. The molecule has 0 spiro atoms. The van der Waals surface area contributed by atoms with E-state index in [0.717, 1.165) is 0 Å². The Labute approximate surface area is 91.0 Å². The smallest absolute Gasteiger partial charge is 0.266 e. The molecule has 6 heteroatoms. The van der Waals surface area contributed by atoms with Crippen LogP contribution >= 0.6 is 0 Å². The minimum atomic E-state index is -4.03. The van der Waals surface area contributed by atoms with Crippen molar-refractivity contribution in [1.29, 1.82) is 0 Å². The van der Waals surface area contributed by atoms with Gasteiger partial charge in [-0.05, 0) is 12.8 Å². The zero-order valence-corrected chi connectivity index (χ0v) is 10.2. The van der Waals surface area contributed by atoms with Crippen LogP contribution in [0.2, 0.25) is 0 Å². The number of nitrogens with one attached hydrogen (secondary N) is 1. The fourth-order valence-corrected chi connectivity index (χ4v) is 1.87. The molecule has 0 radical (unpaired) electrons. The van der Waals surface area contributed by atoms with Crippen molar-refractivity contribution in [3.05, 3.63) is 0 Å². The van der Waals surface area contributed by atoms with Crippen molar-refractivity contribution in [3.63, 3.8) is 0 Å². The molecule has 0 aliphatic heterocycles. The summed E-state index contributed by atoms with van der Waals surface area (Å²) in [5.74, 6) is -0.737. The first kappa shape index (κ1) is 14.4. The Morgan fingerprint density at radius 3 is 2.20 bits per heavy atom. The summed E-state index contributed by atoms with van der Waals surface area (Å²) in [4.78, 5) is 11.4. The van der Waals surface area contributed by atoms with Crippen LogP contribution in [-0.4, -0.2) is 30.7 Å². The van der Waals surface area contributed by atoms with Crippen LogP contribution in [0.4, 0.5) is 0 Å². The molecule has 0 heterocycles. The Balaban J connectivity index is 4.28. The third kappa shape index (κ3) is 6.46. The van der Waals surface area contributed by atoms with Crippen LogP contribution in [0, 0.1) is 5.92 Å². The maximum absolute atomic E-state index is 11.4. The zero-order chi connectivity index (χ0) is 12.1. The number of carbonyl (C=O) groups is 1. The lowest BCUT2D eigenvalue weighted by atomic mass is 10.1. The van der Waals surface area contributed by atoms with Crippen molar-refractivity contribution in [2.24, 2.45) is 5.92 Å². The molecule has 1 amide bonds. The summed E-state index contributed by atoms with van der Waals surface area (Å²) in [7, 11) is -4.03. The van der Waals surface area contributed by atoms with Gasteiger partial charge in [0.2, 0.25) is 5.91 Å². The second-order valence-corrected chi connectivity index (χ2v) is 5.17. The van der Waals surface area contributed by atoms with E-state index in [0.29, 0.717) is 12.8 Å². The highest BCUT2D eigenvalue weighted by Gasteiger charge is 2.19. The summed E-state index contributed by atoms with van der Waals surface area (Å²) >= 11 is 0. The molecule has 2 unspecified atom stereocenters. The molecule has 0 aromatic carbocycles. The lowest BCUT2D eigenvalue weighted by molar-refractivity contribution is -0.125. The molecule has 15 heavy (non-hydrogen) atoms. The first-order valence-corrected chi connectivity index (χ1v) is 6.66. The molecule has 0 aliphatic rings.